The third-order valence-corrected chi connectivity index (χ3v) is 20.7. The van der Waals surface area contributed by atoms with Gasteiger partial charge in [0.15, 0.2) is 0 Å². The van der Waals surface area contributed by atoms with Crippen LogP contribution >= 0.6 is 0 Å². The van der Waals surface area contributed by atoms with Gasteiger partial charge in [0.2, 0.25) is 0 Å². The summed E-state index contributed by atoms with van der Waals surface area (Å²) in [6.07, 6.45) is 1.71. The Morgan fingerprint density at radius 3 is 0.824 bits per heavy atom. The van der Waals surface area contributed by atoms with Crippen LogP contribution in [0.5, 0.6) is 11.5 Å². The van der Waals surface area contributed by atoms with Crippen LogP contribution in [0.1, 0.15) is 263 Å². The van der Waals surface area contributed by atoms with Crippen LogP contribution in [0.4, 0.5) is 0 Å². The average molecular weight is 1360 g/mol. The molecule has 0 radical (unpaired) electrons. The summed E-state index contributed by atoms with van der Waals surface area (Å²) in [6, 6.07) is 51.8. The Morgan fingerprint density at radius 1 is 0.265 bits per heavy atom. The molecule has 3 aromatic heterocycles. The highest BCUT2D eigenvalue weighted by molar-refractivity contribution is 5.99. The van der Waals surface area contributed by atoms with Crippen molar-refractivity contribution in [1.29, 1.82) is 0 Å². The fraction of sp³-hybridized carbons (Fsp3) is 0.426. The van der Waals surface area contributed by atoms with Gasteiger partial charge in [-0.1, -0.05) is 268 Å². The van der Waals surface area contributed by atoms with Crippen molar-refractivity contribution in [2.24, 2.45) is 0 Å². The van der Waals surface area contributed by atoms with E-state index in [0.717, 1.165) is 112 Å². The van der Waals surface area contributed by atoms with Gasteiger partial charge < -0.3 is 10.2 Å². The van der Waals surface area contributed by atoms with Crippen LogP contribution in [0.15, 0.2) is 146 Å². The molecule has 0 saturated heterocycles. The van der Waals surface area contributed by atoms with Crippen molar-refractivity contribution >= 4 is 22.1 Å². The molecule has 8 aromatic carbocycles. The lowest BCUT2D eigenvalue weighted by atomic mass is 9.78. The highest BCUT2D eigenvalue weighted by atomic mass is 16.3. The molecule has 0 unspecified atom stereocenters. The van der Waals surface area contributed by atoms with E-state index in [2.05, 4.69) is 356 Å². The Labute approximate surface area is 611 Å². The topological polar surface area (TPSA) is 102 Å². The first-order chi connectivity index (χ1) is 46.7. The SMILES string of the molecule is CC(C)(C)c1cc(-c2cc(-c3cc(-c4cccc5c4nc(-c4cc(C(C)(C)C)cc(C(C)(C)C)c4O)n5-c4cc(C(C)(C)C)cc(C(C)(C)C)c4)cc(C(C)(C)C)c3)ncn2)cc(-c2cccc3c2nc(-c2cc(C(C)(C)C)cc(C(C)(C)C)c2O)n3-c2cc(C(C)(C)C)cc(C(C)(C)C)c2)c1. The molecular formula is C94H116N6O2. The number of imidazole rings is 2. The molecule has 0 atom stereocenters. The number of fused-ring (bicyclic) bond motifs is 2. The van der Waals surface area contributed by atoms with Crippen molar-refractivity contribution in [2.75, 3.05) is 0 Å². The predicted molar refractivity (Wildman–Crippen MR) is 434 cm³/mol. The third kappa shape index (κ3) is 14.7. The highest BCUT2D eigenvalue weighted by Gasteiger charge is 2.34. The van der Waals surface area contributed by atoms with Crippen LogP contribution in [-0.4, -0.2) is 39.3 Å². The third-order valence-electron chi connectivity index (χ3n) is 20.7. The second-order valence-electron chi connectivity index (χ2n) is 39.7. The molecule has 102 heavy (non-hydrogen) atoms. The Morgan fingerprint density at radius 2 is 0.539 bits per heavy atom. The molecule has 0 aliphatic heterocycles. The zero-order valence-electron chi connectivity index (χ0n) is 67.4. The first-order valence-electron chi connectivity index (χ1n) is 36.9. The largest absolute Gasteiger partial charge is 0.507 e. The Kier molecular flexibility index (Phi) is 18.3. The molecule has 0 fully saturated rings. The van der Waals surface area contributed by atoms with Gasteiger partial charge in [0, 0.05) is 44.8 Å². The first-order valence-corrected chi connectivity index (χ1v) is 36.9. The van der Waals surface area contributed by atoms with E-state index in [-0.39, 0.29) is 65.6 Å². The van der Waals surface area contributed by atoms with E-state index < -0.39 is 0 Å². The van der Waals surface area contributed by atoms with E-state index in [9.17, 15) is 10.2 Å². The van der Waals surface area contributed by atoms with Gasteiger partial charge in [-0.3, -0.25) is 9.13 Å². The second-order valence-corrected chi connectivity index (χ2v) is 39.7. The molecule has 0 amide bonds. The second kappa shape index (κ2) is 25.1. The van der Waals surface area contributed by atoms with E-state index in [1.54, 1.807) is 6.33 Å². The number of hydrogen-bond acceptors (Lipinski definition) is 6. The fourth-order valence-corrected chi connectivity index (χ4v) is 13.8. The fourth-order valence-electron chi connectivity index (χ4n) is 13.8. The summed E-state index contributed by atoms with van der Waals surface area (Å²) in [4.78, 5) is 21.9. The van der Waals surface area contributed by atoms with Crippen molar-refractivity contribution in [3.8, 4) is 90.4 Å². The zero-order chi connectivity index (χ0) is 75.3. The Balaban J connectivity index is 1.14. The van der Waals surface area contributed by atoms with Crippen molar-refractivity contribution in [3.63, 3.8) is 0 Å². The lowest BCUT2D eigenvalue weighted by Crippen LogP contribution is -2.18. The number of aromatic hydroxyl groups is 2. The predicted octanol–water partition coefficient (Wildman–Crippen LogP) is 25.5. The van der Waals surface area contributed by atoms with Gasteiger partial charge in [-0.05, 0) is 189 Å². The van der Waals surface area contributed by atoms with E-state index in [1.807, 2.05) is 0 Å². The summed E-state index contributed by atoms with van der Waals surface area (Å²) in [5.74, 6) is 1.87. The molecule has 0 spiro atoms. The number of rotatable bonds is 8. The number of hydrogen-bond donors (Lipinski definition) is 2. The summed E-state index contributed by atoms with van der Waals surface area (Å²) >= 11 is 0. The molecule has 8 nitrogen and oxygen atoms in total. The Bertz CT molecular complexity index is 4710. The van der Waals surface area contributed by atoms with E-state index in [0.29, 0.717) is 22.8 Å². The van der Waals surface area contributed by atoms with Gasteiger partial charge in [0.25, 0.3) is 0 Å². The quantitative estimate of drug-likeness (QED) is 0.157. The van der Waals surface area contributed by atoms with Crippen molar-refractivity contribution in [1.82, 2.24) is 29.1 Å². The van der Waals surface area contributed by atoms with Crippen LogP contribution in [0.2, 0.25) is 0 Å². The molecule has 2 N–H and O–H groups in total. The molecule has 8 heteroatoms. The molecular weight excluding hydrogens is 1250 g/mol. The Hall–Kier alpha value is -8.62. The van der Waals surface area contributed by atoms with Crippen LogP contribution in [0.25, 0.3) is 101 Å². The summed E-state index contributed by atoms with van der Waals surface area (Å²) < 4.78 is 4.61. The maximum atomic E-state index is 12.8. The number of aromatic nitrogens is 6. The maximum Gasteiger partial charge on any atom is 0.149 e. The van der Waals surface area contributed by atoms with Crippen molar-refractivity contribution in [2.45, 2.75) is 262 Å². The van der Waals surface area contributed by atoms with Crippen LogP contribution in [-0.2, 0) is 54.1 Å². The van der Waals surface area contributed by atoms with Gasteiger partial charge in [-0.25, -0.2) is 19.9 Å². The summed E-state index contributed by atoms with van der Waals surface area (Å²) in [5, 5.41) is 25.6. The summed E-state index contributed by atoms with van der Waals surface area (Å²) in [6.45, 7) is 67.5. The van der Waals surface area contributed by atoms with Crippen molar-refractivity contribution < 1.29 is 10.2 Å². The van der Waals surface area contributed by atoms with Gasteiger partial charge in [0.1, 0.15) is 29.5 Å². The number of para-hydroxylation sites is 2. The molecule has 0 aliphatic rings. The van der Waals surface area contributed by atoms with Gasteiger partial charge in [-0.2, -0.15) is 0 Å². The maximum absolute atomic E-state index is 12.8. The number of phenolic OH excluding ortho intramolecular Hbond substituents is 2. The monoisotopic (exact) mass is 1360 g/mol. The molecule has 0 bridgehead atoms. The zero-order valence-corrected chi connectivity index (χ0v) is 67.4. The average Bonchev–Trinajstić information content (AvgIpc) is 1.57. The normalized spacial score (nSPS) is 13.5. The molecule has 11 rings (SSSR count). The number of benzene rings is 8. The van der Waals surface area contributed by atoms with Gasteiger partial charge in [-0.15, -0.1) is 0 Å². The minimum Gasteiger partial charge on any atom is -0.507 e. The van der Waals surface area contributed by atoms with E-state index in [4.69, 9.17) is 19.9 Å². The van der Waals surface area contributed by atoms with Gasteiger partial charge >= 0.3 is 0 Å². The number of nitrogens with zero attached hydrogens (tertiary/aromatic N) is 6. The lowest BCUT2D eigenvalue weighted by Gasteiger charge is -2.28. The summed E-state index contributed by atoms with van der Waals surface area (Å²) in [7, 11) is 0. The summed E-state index contributed by atoms with van der Waals surface area (Å²) in [5.41, 5.74) is 23.4. The molecule has 11 aromatic rings. The van der Waals surface area contributed by atoms with Crippen LogP contribution < -0.4 is 0 Å². The minimum absolute atomic E-state index is 0.154. The standard InChI is InChI=1S/C94H116N6O2/c1-85(2,3)59-39-55(69-33-31-35-77-79(69)97-83(71-49-65(91(19,20)21)51-73(81(71)101)93(25,26)27)99(77)67-45-61(87(7,8)9)43-62(46-67)88(10,11)12)37-57(41-59)75-53-76(96-54-95-75)58-38-56(40-60(42-58)86(4,5)6)70-34-32-36-78-80(70)98-84(72-50-66(92(22,23)24)52-74(82(72)102)94(28,29)30)100(78)68-47-63(89(13,14)15)44-64(48-68)90(16,17)18/h31-54,101-102H,1-30H3. The molecule has 534 valence electrons. The molecule has 3 heterocycles. The van der Waals surface area contributed by atoms with Crippen LogP contribution in [0.3, 0.4) is 0 Å². The smallest absolute Gasteiger partial charge is 0.149 e. The van der Waals surface area contributed by atoms with Crippen molar-refractivity contribution in [3.05, 3.63) is 201 Å². The molecule has 0 saturated carbocycles. The minimum atomic E-state index is -0.360. The number of phenols is 2. The van der Waals surface area contributed by atoms with E-state index >= 15 is 0 Å². The van der Waals surface area contributed by atoms with Gasteiger partial charge in [0.05, 0.1) is 44.6 Å². The lowest BCUT2D eigenvalue weighted by molar-refractivity contribution is 0.445. The van der Waals surface area contributed by atoms with Crippen LogP contribution in [0, 0.1) is 0 Å². The highest BCUT2D eigenvalue weighted by Crippen LogP contribution is 2.49. The first kappa shape index (κ1) is 74.6. The molecule has 0 aliphatic carbocycles. The van der Waals surface area contributed by atoms with E-state index in [1.165, 1.54) is 22.3 Å².